The third-order valence-corrected chi connectivity index (χ3v) is 4.57. The van der Waals surface area contributed by atoms with Gasteiger partial charge in [-0.25, -0.2) is 0 Å². The monoisotopic (exact) mass is 422 g/mol. The van der Waals surface area contributed by atoms with Gasteiger partial charge in [0.2, 0.25) is 12.7 Å². The third-order valence-electron chi connectivity index (χ3n) is 4.57. The Morgan fingerprint density at radius 2 is 1.83 bits per heavy atom. The number of amides is 2. The van der Waals surface area contributed by atoms with Crippen LogP contribution in [0.5, 0.6) is 11.5 Å². The molecule has 160 valence electrons. The first-order chi connectivity index (χ1) is 14.3. The van der Waals surface area contributed by atoms with E-state index in [-0.39, 0.29) is 32.2 Å². The summed E-state index contributed by atoms with van der Waals surface area (Å²) in [6.07, 6.45) is -4.21. The third kappa shape index (κ3) is 5.43. The maximum Gasteiger partial charge on any atom is 0.471 e. The van der Waals surface area contributed by atoms with E-state index in [1.54, 1.807) is 30.3 Å². The van der Waals surface area contributed by atoms with E-state index in [1.165, 1.54) is 6.92 Å². The molecule has 3 rings (SSSR count). The van der Waals surface area contributed by atoms with Crippen LogP contribution in [0, 0.1) is 0 Å². The van der Waals surface area contributed by atoms with Gasteiger partial charge in [-0.2, -0.15) is 13.2 Å². The number of benzene rings is 2. The van der Waals surface area contributed by atoms with Gasteiger partial charge in [-0.3, -0.25) is 9.59 Å². The number of hydrogen-bond acceptors (Lipinski definition) is 4. The van der Waals surface area contributed by atoms with Gasteiger partial charge in [-0.15, -0.1) is 0 Å². The maximum atomic E-state index is 12.7. The zero-order chi connectivity index (χ0) is 21.7. The topological polar surface area (TPSA) is 67.9 Å². The Bertz CT molecular complexity index is 931. The van der Waals surface area contributed by atoms with Crippen molar-refractivity contribution in [2.24, 2.45) is 0 Å². The van der Waals surface area contributed by atoms with Crippen molar-refractivity contribution in [2.45, 2.75) is 32.5 Å². The number of aryl methyl sites for hydroxylation is 1. The summed E-state index contributed by atoms with van der Waals surface area (Å²) < 4.78 is 48.6. The fourth-order valence-corrected chi connectivity index (χ4v) is 3.05. The molecule has 0 saturated heterocycles. The SMILES string of the molecule is CCN(Cc1cccc(NC(=O)CCc2ccc3c(c2)OCO3)c1)C(=O)C(F)(F)F. The zero-order valence-electron chi connectivity index (χ0n) is 16.3. The molecule has 0 fully saturated rings. The minimum Gasteiger partial charge on any atom is -0.454 e. The molecular weight excluding hydrogens is 401 g/mol. The van der Waals surface area contributed by atoms with Crippen LogP contribution in [0.3, 0.4) is 0 Å². The molecule has 0 unspecified atom stereocenters. The van der Waals surface area contributed by atoms with Crippen molar-refractivity contribution >= 4 is 17.5 Å². The second-order valence-electron chi connectivity index (χ2n) is 6.75. The van der Waals surface area contributed by atoms with Crippen LogP contribution in [-0.2, 0) is 22.6 Å². The summed E-state index contributed by atoms with van der Waals surface area (Å²) in [5, 5.41) is 2.74. The molecule has 0 atom stereocenters. The standard InChI is InChI=1S/C21H21F3N2O4/c1-2-26(20(28)21(22,23)24)12-15-4-3-5-16(10-15)25-19(27)9-7-14-6-8-17-18(11-14)30-13-29-17/h3-6,8,10-11H,2,7,9,12-13H2,1H3,(H,25,27). The Morgan fingerprint density at radius 3 is 2.57 bits per heavy atom. The molecule has 6 nitrogen and oxygen atoms in total. The first-order valence-electron chi connectivity index (χ1n) is 9.39. The Kier molecular flexibility index (Phi) is 6.49. The molecule has 2 amide bonds. The molecule has 1 aliphatic heterocycles. The van der Waals surface area contributed by atoms with Crippen molar-refractivity contribution in [1.29, 1.82) is 0 Å². The number of ether oxygens (including phenoxy) is 2. The average Bonchev–Trinajstić information content (AvgIpc) is 3.17. The number of carbonyl (C=O) groups is 2. The largest absolute Gasteiger partial charge is 0.471 e. The molecule has 1 N–H and O–H groups in total. The number of hydrogen-bond donors (Lipinski definition) is 1. The normalized spacial score (nSPS) is 12.5. The lowest BCUT2D eigenvalue weighted by atomic mass is 10.1. The maximum absolute atomic E-state index is 12.7. The van der Waals surface area contributed by atoms with E-state index in [0.717, 1.165) is 5.56 Å². The molecule has 0 saturated carbocycles. The van der Waals surface area contributed by atoms with Crippen LogP contribution in [-0.4, -0.2) is 36.2 Å². The number of alkyl halides is 3. The first kappa shape index (κ1) is 21.5. The smallest absolute Gasteiger partial charge is 0.454 e. The zero-order valence-corrected chi connectivity index (χ0v) is 16.3. The molecule has 1 heterocycles. The van der Waals surface area contributed by atoms with Crippen molar-refractivity contribution < 1.29 is 32.2 Å². The minimum absolute atomic E-state index is 0.0789. The van der Waals surface area contributed by atoms with E-state index in [0.29, 0.717) is 34.1 Å². The highest BCUT2D eigenvalue weighted by Crippen LogP contribution is 2.32. The lowest BCUT2D eigenvalue weighted by Gasteiger charge is -2.22. The van der Waals surface area contributed by atoms with Crippen LogP contribution in [0.4, 0.5) is 18.9 Å². The van der Waals surface area contributed by atoms with Gasteiger partial charge in [0, 0.05) is 25.2 Å². The van der Waals surface area contributed by atoms with E-state index in [2.05, 4.69) is 5.32 Å². The molecule has 2 aromatic rings. The van der Waals surface area contributed by atoms with Crippen LogP contribution < -0.4 is 14.8 Å². The molecule has 9 heteroatoms. The van der Waals surface area contributed by atoms with E-state index < -0.39 is 12.1 Å². The summed E-state index contributed by atoms with van der Waals surface area (Å²) in [6.45, 7) is 1.38. The Hall–Kier alpha value is -3.23. The summed E-state index contributed by atoms with van der Waals surface area (Å²) in [5.74, 6) is -0.800. The predicted octanol–water partition coefficient (Wildman–Crippen LogP) is 3.90. The molecule has 0 bridgehead atoms. The second kappa shape index (κ2) is 9.06. The number of nitrogens with zero attached hydrogens (tertiary/aromatic N) is 1. The van der Waals surface area contributed by atoms with E-state index in [9.17, 15) is 22.8 Å². The van der Waals surface area contributed by atoms with Crippen LogP contribution in [0.1, 0.15) is 24.5 Å². The van der Waals surface area contributed by atoms with Gasteiger partial charge >= 0.3 is 12.1 Å². The van der Waals surface area contributed by atoms with Gasteiger partial charge in [-0.1, -0.05) is 18.2 Å². The summed E-state index contributed by atoms with van der Waals surface area (Å²) in [5.41, 5.74) is 1.87. The van der Waals surface area contributed by atoms with Gasteiger partial charge in [0.1, 0.15) is 0 Å². The van der Waals surface area contributed by atoms with Crippen LogP contribution in [0.2, 0.25) is 0 Å². The van der Waals surface area contributed by atoms with Crippen molar-refractivity contribution in [1.82, 2.24) is 4.90 Å². The summed E-state index contributed by atoms with van der Waals surface area (Å²) in [7, 11) is 0. The highest BCUT2D eigenvalue weighted by molar-refractivity contribution is 5.91. The molecule has 0 aliphatic carbocycles. The summed E-state index contributed by atoms with van der Waals surface area (Å²) in [4.78, 5) is 24.4. The fraction of sp³-hybridized carbons (Fsp3) is 0.333. The number of anilines is 1. The molecule has 0 aromatic heterocycles. The number of nitrogens with one attached hydrogen (secondary N) is 1. The van der Waals surface area contributed by atoms with Crippen molar-refractivity contribution in [3.05, 3.63) is 53.6 Å². The predicted molar refractivity (Wildman–Crippen MR) is 103 cm³/mol. The van der Waals surface area contributed by atoms with E-state index in [1.807, 2.05) is 12.1 Å². The Labute approximate surface area is 171 Å². The van der Waals surface area contributed by atoms with E-state index >= 15 is 0 Å². The molecular formula is C21H21F3N2O4. The molecule has 2 aromatic carbocycles. The van der Waals surface area contributed by atoms with Gasteiger partial charge in [0.05, 0.1) is 0 Å². The van der Waals surface area contributed by atoms with Crippen LogP contribution in [0.15, 0.2) is 42.5 Å². The summed E-state index contributed by atoms with van der Waals surface area (Å²) in [6, 6.07) is 11.9. The number of carbonyl (C=O) groups excluding carboxylic acids is 2. The second-order valence-corrected chi connectivity index (χ2v) is 6.75. The lowest BCUT2D eigenvalue weighted by Crippen LogP contribution is -2.40. The van der Waals surface area contributed by atoms with Gasteiger partial charge in [-0.05, 0) is 48.7 Å². The van der Waals surface area contributed by atoms with Gasteiger partial charge in [0.25, 0.3) is 0 Å². The molecule has 30 heavy (non-hydrogen) atoms. The lowest BCUT2D eigenvalue weighted by molar-refractivity contribution is -0.185. The summed E-state index contributed by atoms with van der Waals surface area (Å²) >= 11 is 0. The minimum atomic E-state index is -4.92. The van der Waals surface area contributed by atoms with Crippen molar-refractivity contribution in [3.63, 3.8) is 0 Å². The van der Waals surface area contributed by atoms with Crippen LogP contribution >= 0.6 is 0 Å². The first-order valence-corrected chi connectivity index (χ1v) is 9.39. The van der Waals surface area contributed by atoms with Crippen LogP contribution in [0.25, 0.3) is 0 Å². The van der Waals surface area contributed by atoms with E-state index in [4.69, 9.17) is 9.47 Å². The number of rotatable bonds is 7. The van der Waals surface area contributed by atoms with Gasteiger partial charge in [0.15, 0.2) is 11.5 Å². The molecule has 1 aliphatic rings. The number of fused-ring (bicyclic) bond motifs is 1. The number of halogens is 3. The quantitative estimate of drug-likeness (QED) is 0.735. The van der Waals surface area contributed by atoms with Crippen molar-refractivity contribution in [3.8, 4) is 11.5 Å². The molecule has 0 radical (unpaired) electrons. The average molecular weight is 422 g/mol. The highest BCUT2D eigenvalue weighted by atomic mass is 19.4. The van der Waals surface area contributed by atoms with Gasteiger partial charge < -0.3 is 19.7 Å². The molecule has 0 spiro atoms. The van der Waals surface area contributed by atoms with Crippen molar-refractivity contribution in [2.75, 3.05) is 18.7 Å². The Morgan fingerprint density at radius 1 is 1.07 bits per heavy atom. The fourth-order valence-electron chi connectivity index (χ4n) is 3.05. The Balaban J connectivity index is 1.56. The highest BCUT2D eigenvalue weighted by Gasteiger charge is 2.41.